The summed E-state index contributed by atoms with van der Waals surface area (Å²) >= 11 is 0. The first kappa shape index (κ1) is 36.5. The molecule has 1 unspecified atom stereocenters. The van der Waals surface area contributed by atoms with E-state index in [1.807, 2.05) is 77.0 Å². The van der Waals surface area contributed by atoms with E-state index in [-0.39, 0.29) is 42.5 Å². The highest BCUT2D eigenvalue weighted by molar-refractivity contribution is 5.96. The van der Waals surface area contributed by atoms with Crippen molar-refractivity contribution in [1.29, 1.82) is 0 Å². The van der Waals surface area contributed by atoms with Crippen molar-refractivity contribution < 1.29 is 28.7 Å². The maximum absolute atomic E-state index is 14.6. The van der Waals surface area contributed by atoms with Gasteiger partial charge in [0.05, 0.1) is 13.2 Å². The van der Waals surface area contributed by atoms with E-state index in [2.05, 4.69) is 16.0 Å². The Labute approximate surface area is 284 Å². The molecule has 11 heteroatoms. The van der Waals surface area contributed by atoms with Crippen molar-refractivity contribution in [3.63, 3.8) is 0 Å². The number of benzene rings is 2. The number of carbonyl (C=O) groups is 4. The zero-order valence-electron chi connectivity index (χ0n) is 29.2. The van der Waals surface area contributed by atoms with Crippen molar-refractivity contribution >= 4 is 29.7 Å². The fourth-order valence-corrected chi connectivity index (χ4v) is 6.51. The van der Waals surface area contributed by atoms with Crippen LogP contribution in [0.4, 0.5) is 0 Å². The number of hydrogen-bond donors (Lipinski definition) is 3. The topological polar surface area (TPSA) is 129 Å². The number of carbonyl (C=O) groups excluding carboxylic acids is 4. The Bertz CT molecular complexity index is 1460. The molecule has 0 saturated carbocycles. The number of nitrogens with zero attached hydrogens (tertiary/aromatic N) is 2. The van der Waals surface area contributed by atoms with Gasteiger partial charge in [-0.15, -0.1) is 0 Å². The lowest BCUT2D eigenvalue weighted by atomic mass is 9.96. The lowest BCUT2D eigenvalue weighted by molar-refractivity contribution is -0.144. The van der Waals surface area contributed by atoms with Gasteiger partial charge in [0, 0.05) is 31.1 Å². The quantitative estimate of drug-likeness (QED) is 0.337. The maximum atomic E-state index is 14.6. The van der Waals surface area contributed by atoms with E-state index < -0.39 is 36.2 Å². The third-order valence-corrected chi connectivity index (χ3v) is 9.57. The molecule has 48 heavy (non-hydrogen) atoms. The van der Waals surface area contributed by atoms with E-state index in [1.165, 1.54) is 11.1 Å². The molecule has 11 nitrogen and oxygen atoms in total. The van der Waals surface area contributed by atoms with E-state index in [0.29, 0.717) is 29.9 Å². The first-order valence-electron chi connectivity index (χ1n) is 16.9. The smallest absolute Gasteiger partial charge is 0.247 e. The van der Waals surface area contributed by atoms with Crippen LogP contribution in [-0.2, 0) is 25.6 Å². The molecule has 7 atom stereocenters. The predicted molar refractivity (Wildman–Crippen MR) is 185 cm³/mol. The van der Waals surface area contributed by atoms with Crippen LogP contribution in [0.2, 0.25) is 0 Å². The van der Waals surface area contributed by atoms with Gasteiger partial charge in [-0.2, -0.15) is 0 Å². The average Bonchev–Trinajstić information content (AvgIpc) is 3.49. The number of fused-ring (bicyclic) bond motifs is 3. The Hall–Kier alpha value is -4.38. The van der Waals surface area contributed by atoms with Crippen LogP contribution in [0.3, 0.4) is 0 Å². The minimum Gasteiger partial charge on any atom is -0.496 e. The van der Waals surface area contributed by atoms with Gasteiger partial charge in [0.25, 0.3) is 0 Å². The molecule has 0 spiro atoms. The normalized spacial score (nSPS) is 22.7. The van der Waals surface area contributed by atoms with Gasteiger partial charge in [-0.1, -0.05) is 70.9 Å². The number of likely N-dealkylation sites (N-methyl/N-ethyl adjacent to an activating group) is 1. The van der Waals surface area contributed by atoms with Crippen molar-refractivity contribution in [2.45, 2.75) is 83.6 Å². The van der Waals surface area contributed by atoms with Gasteiger partial charge in [0.15, 0.2) is 0 Å². The minimum atomic E-state index is -1.05. The minimum absolute atomic E-state index is 0.0470. The Morgan fingerprint density at radius 2 is 1.79 bits per heavy atom. The number of likely N-dealkylation sites (tertiary alicyclic amines) is 1. The second-order valence-electron chi connectivity index (χ2n) is 13.1. The summed E-state index contributed by atoms with van der Waals surface area (Å²) in [4.78, 5) is 59.4. The number of rotatable bonds is 11. The highest BCUT2D eigenvalue weighted by Crippen LogP contribution is 2.30. The van der Waals surface area contributed by atoms with E-state index in [4.69, 9.17) is 9.47 Å². The molecule has 2 heterocycles. The molecule has 2 aliphatic rings. The van der Waals surface area contributed by atoms with Crippen molar-refractivity contribution in [3.8, 4) is 11.5 Å². The Kier molecular flexibility index (Phi) is 12.6. The van der Waals surface area contributed by atoms with Gasteiger partial charge in [-0.25, -0.2) is 0 Å². The molecule has 4 rings (SSSR count). The summed E-state index contributed by atoms with van der Waals surface area (Å²) in [6.07, 6.45) is 4.58. The number of ether oxygens (including phenoxy) is 2. The highest BCUT2D eigenvalue weighted by atomic mass is 16.5. The van der Waals surface area contributed by atoms with Gasteiger partial charge < -0.3 is 30.3 Å². The van der Waals surface area contributed by atoms with Crippen LogP contribution < -0.4 is 25.4 Å². The Morgan fingerprint density at radius 3 is 2.44 bits per heavy atom. The predicted octanol–water partition coefficient (Wildman–Crippen LogP) is 3.38. The van der Waals surface area contributed by atoms with Crippen LogP contribution in [0.25, 0.3) is 6.08 Å². The molecule has 260 valence electrons. The fourth-order valence-electron chi connectivity index (χ4n) is 6.51. The van der Waals surface area contributed by atoms with Gasteiger partial charge in [0.1, 0.15) is 35.7 Å². The molecule has 2 aromatic carbocycles. The molecule has 2 bridgehead atoms. The molecule has 2 aromatic rings. The van der Waals surface area contributed by atoms with Crippen LogP contribution in [0.15, 0.2) is 54.7 Å². The van der Waals surface area contributed by atoms with Crippen molar-refractivity contribution in [2.75, 3.05) is 27.7 Å². The SMILES string of the molecule is CCC(C)[C@@H]1NC(=O)[C@@H]2[C@H](CCN2C(=O)[C@H](Cc2ccccc2)NC(=O)[C@H]([C@@H](C)CC)N(C)C)Oc2ccc(OC)c(c2)/C=C\NC1=O. The van der Waals surface area contributed by atoms with Crippen LogP contribution in [0, 0.1) is 11.8 Å². The lowest BCUT2D eigenvalue weighted by Crippen LogP contribution is -2.61. The Balaban J connectivity index is 1.73. The molecule has 0 aromatic heterocycles. The third-order valence-electron chi connectivity index (χ3n) is 9.57. The standard InChI is InChI=1S/C37H51N5O6/c1-8-23(3)31-34(43)38-19-17-26-22-27(15-16-29(26)47-7)48-30-18-20-42(33(30)36(45)40-31)37(46)28(21-25-13-11-10-12-14-25)39-35(44)32(41(5)6)24(4)9-2/h10-17,19,22-24,28,30-33H,8-9,18,20-21H2,1-7H3,(H,38,43)(H,39,44)(H,40,45)/b19-17-/t23?,24-,28-,30-,31-,32-,33-/m0/s1. The van der Waals surface area contributed by atoms with Crippen LogP contribution in [-0.4, -0.2) is 91.4 Å². The molecular weight excluding hydrogens is 610 g/mol. The molecule has 4 amide bonds. The summed E-state index contributed by atoms with van der Waals surface area (Å²) in [6.45, 7) is 8.13. The van der Waals surface area contributed by atoms with E-state index in [9.17, 15) is 19.2 Å². The van der Waals surface area contributed by atoms with Crippen molar-refractivity contribution in [1.82, 2.24) is 25.8 Å². The monoisotopic (exact) mass is 661 g/mol. The highest BCUT2D eigenvalue weighted by Gasteiger charge is 2.47. The number of amides is 4. The van der Waals surface area contributed by atoms with Crippen LogP contribution in [0.1, 0.15) is 58.1 Å². The van der Waals surface area contributed by atoms with Gasteiger partial charge in [-0.3, -0.25) is 24.1 Å². The molecule has 1 saturated heterocycles. The summed E-state index contributed by atoms with van der Waals surface area (Å²) < 4.78 is 12.0. The second-order valence-corrected chi connectivity index (χ2v) is 13.1. The van der Waals surface area contributed by atoms with Crippen LogP contribution >= 0.6 is 0 Å². The molecule has 3 N–H and O–H groups in total. The summed E-state index contributed by atoms with van der Waals surface area (Å²) in [5.74, 6) is -0.555. The van der Waals surface area contributed by atoms with Crippen LogP contribution in [0.5, 0.6) is 11.5 Å². The zero-order chi connectivity index (χ0) is 35.0. The van der Waals surface area contributed by atoms with Gasteiger partial charge in [0.2, 0.25) is 23.6 Å². The summed E-state index contributed by atoms with van der Waals surface area (Å²) in [5.41, 5.74) is 1.55. The Morgan fingerprint density at radius 1 is 1.06 bits per heavy atom. The summed E-state index contributed by atoms with van der Waals surface area (Å²) in [5, 5.41) is 8.80. The fraction of sp³-hybridized carbons (Fsp3) is 0.514. The third kappa shape index (κ3) is 8.55. The zero-order valence-corrected chi connectivity index (χ0v) is 29.2. The van der Waals surface area contributed by atoms with Gasteiger partial charge >= 0.3 is 0 Å². The number of methoxy groups -OCH3 is 1. The first-order chi connectivity index (χ1) is 23.0. The van der Waals surface area contributed by atoms with Crippen molar-refractivity contribution in [2.24, 2.45) is 11.8 Å². The summed E-state index contributed by atoms with van der Waals surface area (Å²) in [7, 11) is 5.27. The number of hydrogen-bond acceptors (Lipinski definition) is 7. The molecule has 2 aliphatic heterocycles. The van der Waals surface area contributed by atoms with E-state index in [1.54, 1.807) is 31.4 Å². The molecule has 0 aliphatic carbocycles. The second kappa shape index (κ2) is 16.6. The number of nitrogens with one attached hydrogen (secondary N) is 3. The average molecular weight is 662 g/mol. The van der Waals surface area contributed by atoms with Gasteiger partial charge in [-0.05, 0) is 55.8 Å². The maximum Gasteiger partial charge on any atom is 0.247 e. The van der Waals surface area contributed by atoms with E-state index >= 15 is 0 Å². The molecule has 0 radical (unpaired) electrons. The molecule has 1 fully saturated rings. The van der Waals surface area contributed by atoms with E-state index in [0.717, 1.165) is 12.0 Å². The van der Waals surface area contributed by atoms with Crippen molar-refractivity contribution in [3.05, 3.63) is 65.9 Å². The molecular formula is C37H51N5O6. The summed E-state index contributed by atoms with van der Waals surface area (Å²) in [6, 6.07) is 11.5. The lowest BCUT2D eigenvalue weighted by Gasteiger charge is -2.34. The first-order valence-corrected chi connectivity index (χ1v) is 16.9. The largest absolute Gasteiger partial charge is 0.496 e.